The van der Waals surface area contributed by atoms with E-state index >= 15 is 0 Å². The average molecular weight is 216 g/mol. The summed E-state index contributed by atoms with van der Waals surface area (Å²) in [5.74, 6) is -0.378. The Bertz CT molecular complexity index is 342. The lowest BCUT2D eigenvalue weighted by atomic mass is 9.93. The number of halogens is 2. The molecule has 3 heteroatoms. The molecule has 0 unspecified atom stereocenters. The van der Waals surface area contributed by atoms with E-state index in [-0.39, 0.29) is 16.4 Å². The summed E-state index contributed by atoms with van der Waals surface area (Å²) in [4.78, 5) is 0. The van der Waals surface area contributed by atoms with Crippen LogP contribution in [-0.4, -0.2) is 5.54 Å². The van der Waals surface area contributed by atoms with Crippen molar-refractivity contribution in [1.82, 2.24) is 0 Å². The molecule has 0 heterocycles. The van der Waals surface area contributed by atoms with E-state index in [4.69, 9.17) is 17.3 Å². The summed E-state index contributed by atoms with van der Waals surface area (Å²) in [6, 6.07) is 3.10. The van der Waals surface area contributed by atoms with Crippen molar-refractivity contribution in [3.05, 3.63) is 34.1 Å². The molecular weight excluding hydrogens is 201 g/mol. The topological polar surface area (TPSA) is 26.0 Å². The third-order valence-corrected chi connectivity index (χ3v) is 2.47. The molecule has 2 N–H and O–H groups in total. The summed E-state index contributed by atoms with van der Waals surface area (Å²) >= 11 is 5.87. The van der Waals surface area contributed by atoms with Gasteiger partial charge in [-0.25, -0.2) is 4.39 Å². The first kappa shape index (κ1) is 11.5. The Balaban J connectivity index is 3.13. The maximum atomic E-state index is 13.2. The lowest BCUT2D eigenvalue weighted by molar-refractivity contribution is 0.513. The quantitative estimate of drug-likeness (QED) is 0.806. The molecule has 0 amide bonds. The monoisotopic (exact) mass is 215 g/mol. The molecule has 1 rings (SSSR count). The van der Waals surface area contributed by atoms with Crippen molar-refractivity contribution >= 4 is 11.6 Å². The van der Waals surface area contributed by atoms with Gasteiger partial charge in [-0.05, 0) is 44.4 Å². The Kier molecular flexibility index (Phi) is 3.17. The van der Waals surface area contributed by atoms with Gasteiger partial charge in [-0.3, -0.25) is 0 Å². The summed E-state index contributed by atoms with van der Waals surface area (Å²) in [6.07, 6.45) is 0.579. The van der Waals surface area contributed by atoms with Crippen LogP contribution in [0.2, 0.25) is 5.02 Å². The fourth-order valence-electron chi connectivity index (χ4n) is 1.36. The molecule has 0 fully saturated rings. The first-order chi connectivity index (χ1) is 6.31. The smallest absolute Gasteiger partial charge is 0.142 e. The van der Waals surface area contributed by atoms with Crippen LogP contribution in [0.4, 0.5) is 4.39 Å². The summed E-state index contributed by atoms with van der Waals surface area (Å²) in [5, 5.41) is 0.198. The van der Waals surface area contributed by atoms with Gasteiger partial charge in [0.05, 0.1) is 5.02 Å². The van der Waals surface area contributed by atoms with Crippen LogP contribution in [0.3, 0.4) is 0 Å². The number of nitrogens with two attached hydrogens (primary N) is 1. The third kappa shape index (κ3) is 2.69. The fraction of sp³-hybridized carbons (Fsp3) is 0.455. The van der Waals surface area contributed by atoms with Crippen molar-refractivity contribution in [2.24, 2.45) is 5.73 Å². The molecule has 14 heavy (non-hydrogen) atoms. The first-order valence-corrected chi connectivity index (χ1v) is 4.91. The molecule has 0 spiro atoms. The van der Waals surface area contributed by atoms with Crippen LogP contribution in [0.25, 0.3) is 0 Å². The largest absolute Gasteiger partial charge is 0.325 e. The zero-order valence-corrected chi connectivity index (χ0v) is 9.45. The summed E-state index contributed by atoms with van der Waals surface area (Å²) in [6.45, 7) is 5.70. The first-order valence-electron chi connectivity index (χ1n) is 4.53. The lowest BCUT2D eigenvalue weighted by Gasteiger charge is -2.20. The van der Waals surface area contributed by atoms with E-state index in [1.807, 2.05) is 20.8 Å². The highest BCUT2D eigenvalue weighted by Gasteiger charge is 2.17. The predicted molar refractivity (Wildman–Crippen MR) is 58.1 cm³/mol. The van der Waals surface area contributed by atoms with Crippen molar-refractivity contribution in [2.75, 3.05) is 0 Å². The second-order valence-corrected chi connectivity index (χ2v) is 4.70. The highest BCUT2D eigenvalue weighted by atomic mass is 35.5. The normalized spacial score (nSPS) is 11.9. The van der Waals surface area contributed by atoms with Gasteiger partial charge in [0.1, 0.15) is 5.82 Å². The standard InChI is InChI=1S/C11H15ClFN/c1-7-4-5-9(13)10(12)8(7)6-11(2,3)14/h4-5H,6,14H2,1-3H3. The van der Waals surface area contributed by atoms with E-state index in [9.17, 15) is 4.39 Å². The maximum absolute atomic E-state index is 13.2. The molecule has 78 valence electrons. The Morgan fingerprint density at radius 1 is 1.43 bits per heavy atom. The van der Waals surface area contributed by atoms with Gasteiger partial charge in [-0.2, -0.15) is 0 Å². The van der Waals surface area contributed by atoms with Gasteiger partial charge < -0.3 is 5.73 Å². The second kappa shape index (κ2) is 3.87. The minimum Gasteiger partial charge on any atom is -0.325 e. The Morgan fingerprint density at radius 2 is 2.00 bits per heavy atom. The molecule has 0 aliphatic heterocycles. The number of hydrogen-bond acceptors (Lipinski definition) is 1. The lowest BCUT2D eigenvalue weighted by Crippen LogP contribution is -2.34. The van der Waals surface area contributed by atoms with E-state index in [1.54, 1.807) is 6.07 Å². The zero-order chi connectivity index (χ0) is 10.9. The van der Waals surface area contributed by atoms with Gasteiger partial charge in [0.2, 0.25) is 0 Å². The molecule has 0 atom stereocenters. The van der Waals surface area contributed by atoms with E-state index in [1.165, 1.54) is 6.07 Å². The van der Waals surface area contributed by atoms with Gasteiger partial charge in [0, 0.05) is 5.54 Å². The molecule has 0 aliphatic rings. The molecule has 0 aromatic heterocycles. The Labute approximate surface area is 89.1 Å². The van der Waals surface area contributed by atoms with Gasteiger partial charge in [-0.1, -0.05) is 17.7 Å². The van der Waals surface area contributed by atoms with Crippen molar-refractivity contribution in [2.45, 2.75) is 32.7 Å². The van der Waals surface area contributed by atoms with Gasteiger partial charge in [-0.15, -0.1) is 0 Å². The van der Waals surface area contributed by atoms with E-state index in [0.717, 1.165) is 11.1 Å². The van der Waals surface area contributed by atoms with E-state index < -0.39 is 0 Å². The molecule has 1 aromatic rings. The Hall–Kier alpha value is -0.600. The molecule has 0 saturated carbocycles. The SMILES string of the molecule is Cc1ccc(F)c(Cl)c1CC(C)(C)N. The average Bonchev–Trinajstić information content (AvgIpc) is 2.04. The van der Waals surface area contributed by atoms with Gasteiger partial charge >= 0.3 is 0 Å². The van der Waals surface area contributed by atoms with Crippen LogP contribution in [0, 0.1) is 12.7 Å². The molecular formula is C11H15ClFN. The van der Waals surface area contributed by atoms with E-state index in [0.29, 0.717) is 6.42 Å². The Morgan fingerprint density at radius 3 is 2.50 bits per heavy atom. The third-order valence-electron chi connectivity index (χ3n) is 2.06. The van der Waals surface area contributed by atoms with Gasteiger partial charge in [0.25, 0.3) is 0 Å². The molecule has 0 saturated heterocycles. The van der Waals surface area contributed by atoms with Crippen LogP contribution < -0.4 is 5.73 Å². The minimum absolute atomic E-state index is 0.198. The molecule has 0 bridgehead atoms. The van der Waals surface area contributed by atoms with Crippen molar-refractivity contribution < 1.29 is 4.39 Å². The zero-order valence-electron chi connectivity index (χ0n) is 8.70. The summed E-state index contributed by atoms with van der Waals surface area (Å²) in [7, 11) is 0. The molecule has 0 aliphatic carbocycles. The van der Waals surface area contributed by atoms with Crippen LogP contribution >= 0.6 is 11.6 Å². The molecule has 0 radical (unpaired) electrons. The summed E-state index contributed by atoms with van der Waals surface area (Å²) < 4.78 is 13.2. The minimum atomic E-state index is -0.378. The molecule has 1 nitrogen and oxygen atoms in total. The number of aryl methyl sites for hydroxylation is 1. The van der Waals surface area contributed by atoms with Crippen LogP contribution in [0.15, 0.2) is 12.1 Å². The fourth-order valence-corrected chi connectivity index (χ4v) is 1.64. The highest BCUT2D eigenvalue weighted by Crippen LogP contribution is 2.26. The van der Waals surface area contributed by atoms with Crippen LogP contribution in [0.5, 0.6) is 0 Å². The maximum Gasteiger partial charge on any atom is 0.142 e. The molecule has 1 aromatic carbocycles. The van der Waals surface area contributed by atoms with Crippen molar-refractivity contribution in [3.8, 4) is 0 Å². The number of benzene rings is 1. The summed E-state index contributed by atoms with van der Waals surface area (Å²) in [5.41, 5.74) is 7.29. The van der Waals surface area contributed by atoms with E-state index in [2.05, 4.69) is 0 Å². The van der Waals surface area contributed by atoms with Crippen molar-refractivity contribution in [1.29, 1.82) is 0 Å². The second-order valence-electron chi connectivity index (χ2n) is 4.32. The predicted octanol–water partition coefficient (Wildman–Crippen LogP) is 3.07. The van der Waals surface area contributed by atoms with Gasteiger partial charge in [0.15, 0.2) is 0 Å². The highest BCUT2D eigenvalue weighted by molar-refractivity contribution is 6.31. The van der Waals surface area contributed by atoms with Crippen LogP contribution in [-0.2, 0) is 6.42 Å². The van der Waals surface area contributed by atoms with Crippen LogP contribution in [0.1, 0.15) is 25.0 Å². The number of hydrogen-bond donors (Lipinski definition) is 1. The van der Waals surface area contributed by atoms with Crippen molar-refractivity contribution in [3.63, 3.8) is 0 Å². The number of rotatable bonds is 2.